The van der Waals surface area contributed by atoms with Crippen LogP contribution in [0.1, 0.15) is 34.6 Å². The van der Waals surface area contributed by atoms with Crippen molar-refractivity contribution in [1.29, 1.82) is 0 Å². The summed E-state index contributed by atoms with van der Waals surface area (Å²) in [5, 5.41) is 3.44. The van der Waals surface area contributed by atoms with Crippen molar-refractivity contribution in [2.45, 2.75) is 46.2 Å². The highest BCUT2D eigenvalue weighted by Crippen LogP contribution is 2.20. The minimum absolute atomic E-state index is 0.0415. The van der Waals surface area contributed by atoms with Gasteiger partial charge in [-0.2, -0.15) is 0 Å². The van der Waals surface area contributed by atoms with E-state index in [4.69, 9.17) is 4.98 Å². The number of anilines is 2. The maximum atomic E-state index is 4.76. The molecule has 20 heavy (non-hydrogen) atoms. The summed E-state index contributed by atoms with van der Waals surface area (Å²) >= 11 is 0. The minimum Gasteiger partial charge on any atom is -0.365 e. The van der Waals surface area contributed by atoms with E-state index in [0.717, 1.165) is 37.8 Å². The van der Waals surface area contributed by atoms with E-state index in [1.807, 2.05) is 6.07 Å². The molecule has 0 aromatic carbocycles. The normalized spacial score (nSPS) is 21.1. The number of likely N-dealkylation sites (N-methyl/N-ethyl adjacent to an activating group) is 1. The molecule has 1 fully saturated rings. The minimum atomic E-state index is 0.0415. The number of nitrogens with one attached hydrogen (secondary N) is 1. The molecule has 112 valence electrons. The zero-order valence-corrected chi connectivity index (χ0v) is 13.5. The lowest BCUT2D eigenvalue weighted by Crippen LogP contribution is -2.52. The van der Waals surface area contributed by atoms with Gasteiger partial charge in [0.2, 0.25) is 0 Å². The van der Waals surface area contributed by atoms with Gasteiger partial charge in [-0.05, 0) is 46.4 Å². The number of aromatic nitrogens is 1. The highest BCUT2D eigenvalue weighted by Gasteiger charge is 2.23. The lowest BCUT2D eigenvalue weighted by molar-refractivity contribution is 0.199. The molecule has 1 aliphatic heterocycles. The standard InChI is InChI=1S/C16H28N4/c1-6-19-10-11-20(12-13(19)2)15-9-7-8-14(17-15)18-16(3,4)5/h7-9,13H,6,10-12H2,1-5H3,(H,17,18). The Morgan fingerprint density at radius 2 is 2.05 bits per heavy atom. The highest BCUT2D eigenvalue weighted by molar-refractivity contribution is 5.48. The third kappa shape index (κ3) is 3.85. The molecular formula is C16H28N4. The molecule has 4 nitrogen and oxygen atoms in total. The van der Waals surface area contributed by atoms with Crippen molar-refractivity contribution < 1.29 is 0 Å². The molecule has 2 rings (SSSR count). The number of hydrogen-bond donors (Lipinski definition) is 1. The van der Waals surface area contributed by atoms with Crippen molar-refractivity contribution in [1.82, 2.24) is 9.88 Å². The van der Waals surface area contributed by atoms with Crippen LogP contribution in [0, 0.1) is 0 Å². The van der Waals surface area contributed by atoms with Gasteiger partial charge in [0.05, 0.1) is 0 Å². The number of hydrogen-bond acceptors (Lipinski definition) is 4. The molecular weight excluding hydrogens is 248 g/mol. The summed E-state index contributed by atoms with van der Waals surface area (Å²) in [5.41, 5.74) is 0.0415. The Morgan fingerprint density at radius 1 is 1.30 bits per heavy atom. The van der Waals surface area contributed by atoms with Crippen LogP contribution in [0.25, 0.3) is 0 Å². The van der Waals surface area contributed by atoms with Crippen molar-refractivity contribution in [3.8, 4) is 0 Å². The fraction of sp³-hybridized carbons (Fsp3) is 0.688. The quantitative estimate of drug-likeness (QED) is 0.920. The van der Waals surface area contributed by atoms with E-state index < -0.39 is 0 Å². The molecule has 1 aliphatic rings. The Balaban J connectivity index is 2.08. The number of rotatable bonds is 3. The molecule has 1 atom stereocenters. The first-order valence-electron chi connectivity index (χ1n) is 7.63. The van der Waals surface area contributed by atoms with Gasteiger partial charge in [0.1, 0.15) is 11.6 Å². The summed E-state index contributed by atoms with van der Waals surface area (Å²) in [4.78, 5) is 9.68. The molecule has 0 saturated carbocycles. The SMILES string of the molecule is CCN1CCN(c2cccc(NC(C)(C)C)n2)CC1C. The molecule has 0 amide bonds. The molecule has 1 N–H and O–H groups in total. The molecule has 0 spiro atoms. The lowest BCUT2D eigenvalue weighted by Gasteiger charge is -2.40. The van der Waals surface area contributed by atoms with Crippen LogP contribution in [-0.2, 0) is 0 Å². The zero-order valence-electron chi connectivity index (χ0n) is 13.5. The fourth-order valence-electron chi connectivity index (χ4n) is 2.73. The van der Waals surface area contributed by atoms with Crippen molar-refractivity contribution in [2.24, 2.45) is 0 Å². The molecule has 0 aliphatic carbocycles. The average Bonchev–Trinajstić information content (AvgIpc) is 2.37. The first-order valence-corrected chi connectivity index (χ1v) is 7.63. The molecule has 1 saturated heterocycles. The summed E-state index contributed by atoms with van der Waals surface area (Å²) in [6.45, 7) is 15.4. The van der Waals surface area contributed by atoms with E-state index in [0.29, 0.717) is 6.04 Å². The largest absolute Gasteiger partial charge is 0.365 e. The van der Waals surface area contributed by atoms with Gasteiger partial charge >= 0.3 is 0 Å². The summed E-state index contributed by atoms with van der Waals surface area (Å²) < 4.78 is 0. The Bertz CT molecular complexity index is 438. The van der Waals surface area contributed by atoms with Crippen LogP contribution >= 0.6 is 0 Å². The first-order chi connectivity index (χ1) is 9.39. The topological polar surface area (TPSA) is 31.4 Å². The van der Waals surface area contributed by atoms with Crippen LogP contribution in [-0.4, -0.2) is 47.6 Å². The molecule has 1 aromatic rings. The predicted octanol–water partition coefficient (Wildman–Crippen LogP) is 2.82. The van der Waals surface area contributed by atoms with Gasteiger partial charge < -0.3 is 10.2 Å². The summed E-state index contributed by atoms with van der Waals surface area (Å²) in [7, 11) is 0. The van der Waals surface area contributed by atoms with E-state index in [1.165, 1.54) is 0 Å². The van der Waals surface area contributed by atoms with E-state index in [9.17, 15) is 0 Å². The van der Waals surface area contributed by atoms with Gasteiger partial charge in [-0.15, -0.1) is 0 Å². The predicted molar refractivity (Wildman–Crippen MR) is 86.5 cm³/mol. The Morgan fingerprint density at radius 3 is 2.65 bits per heavy atom. The third-order valence-corrected chi connectivity index (χ3v) is 3.73. The van der Waals surface area contributed by atoms with Gasteiger partial charge in [0.25, 0.3) is 0 Å². The molecule has 1 aromatic heterocycles. The Hall–Kier alpha value is -1.29. The molecule has 0 bridgehead atoms. The number of piperazine rings is 1. The van der Waals surface area contributed by atoms with Crippen LogP contribution in [0.2, 0.25) is 0 Å². The molecule has 4 heteroatoms. The van der Waals surface area contributed by atoms with Crippen LogP contribution in [0.4, 0.5) is 11.6 Å². The fourth-order valence-corrected chi connectivity index (χ4v) is 2.73. The average molecular weight is 276 g/mol. The second kappa shape index (κ2) is 6.00. The van der Waals surface area contributed by atoms with Gasteiger partial charge in [-0.3, -0.25) is 4.90 Å². The van der Waals surface area contributed by atoms with E-state index in [1.54, 1.807) is 0 Å². The van der Waals surface area contributed by atoms with E-state index >= 15 is 0 Å². The maximum absolute atomic E-state index is 4.76. The third-order valence-electron chi connectivity index (χ3n) is 3.73. The van der Waals surface area contributed by atoms with Crippen molar-refractivity contribution in [3.63, 3.8) is 0 Å². The van der Waals surface area contributed by atoms with Crippen molar-refractivity contribution >= 4 is 11.6 Å². The monoisotopic (exact) mass is 276 g/mol. The zero-order chi connectivity index (χ0) is 14.8. The smallest absolute Gasteiger partial charge is 0.131 e. The second-order valence-corrected chi connectivity index (χ2v) is 6.68. The highest BCUT2D eigenvalue weighted by atomic mass is 15.3. The van der Waals surface area contributed by atoms with Gasteiger partial charge in [-0.25, -0.2) is 4.98 Å². The van der Waals surface area contributed by atoms with E-state index in [-0.39, 0.29) is 5.54 Å². The maximum Gasteiger partial charge on any atom is 0.131 e. The van der Waals surface area contributed by atoms with Crippen LogP contribution in [0.15, 0.2) is 18.2 Å². The van der Waals surface area contributed by atoms with Crippen molar-refractivity contribution in [3.05, 3.63) is 18.2 Å². The van der Waals surface area contributed by atoms with Gasteiger partial charge in [0.15, 0.2) is 0 Å². The van der Waals surface area contributed by atoms with Gasteiger partial charge in [0, 0.05) is 31.2 Å². The second-order valence-electron chi connectivity index (χ2n) is 6.68. The van der Waals surface area contributed by atoms with Crippen LogP contribution in [0.3, 0.4) is 0 Å². The first kappa shape index (κ1) is 15.1. The van der Waals surface area contributed by atoms with Gasteiger partial charge in [-0.1, -0.05) is 13.0 Å². The molecule has 1 unspecified atom stereocenters. The summed E-state index contributed by atoms with van der Waals surface area (Å²) in [6, 6.07) is 6.84. The van der Waals surface area contributed by atoms with Crippen LogP contribution < -0.4 is 10.2 Å². The number of pyridine rings is 1. The van der Waals surface area contributed by atoms with Crippen LogP contribution in [0.5, 0.6) is 0 Å². The van der Waals surface area contributed by atoms with Crippen molar-refractivity contribution in [2.75, 3.05) is 36.4 Å². The summed E-state index contributed by atoms with van der Waals surface area (Å²) in [6.07, 6.45) is 0. The van der Waals surface area contributed by atoms with E-state index in [2.05, 4.69) is 61.9 Å². The lowest BCUT2D eigenvalue weighted by atomic mass is 10.1. The Labute approximate surface area is 123 Å². The molecule has 0 radical (unpaired) electrons. The number of nitrogens with zero attached hydrogens (tertiary/aromatic N) is 3. The molecule has 2 heterocycles. The summed E-state index contributed by atoms with van der Waals surface area (Å²) in [5.74, 6) is 2.04. The Kier molecular flexibility index (Phi) is 4.53.